The van der Waals surface area contributed by atoms with Gasteiger partial charge in [-0.05, 0) is 28.1 Å². The van der Waals surface area contributed by atoms with Crippen molar-refractivity contribution < 1.29 is 0 Å². The smallest absolute Gasteiger partial charge is 0.191 e. The highest BCUT2D eigenvalue weighted by atomic mass is 79.9. The van der Waals surface area contributed by atoms with Crippen molar-refractivity contribution in [3.8, 4) is 0 Å². The molecule has 1 aliphatic rings. The molecule has 0 aliphatic carbocycles. The third kappa shape index (κ3) is 1.63. The molecule has 0 atom stereocenters. The van der Waals surface area contributed by atoms with Gasteiger partial charge in [-0.3, -0.25) is 9.99 Å². The van der Waals surface area contributed by atoms with Gasteiger partial charge in [0.1, 0.15) is 5.69 Å². The number of amidine groups is 1. The summed E-state index contributed by atoms with van der Waals surface area (Å²) in [5, 5.41) is 5.78. The molecule has 1 aromatic heterocycles. The summed E-state index contributed by atoms with van der Waals surface area (Å²) in [6.07, 6.45) is 1.74. The van der Waals surface area contributed by atoms with E-state index in [0.717, 1.165) is 16.0 Å². The standard InChI is InChI=1S/C7H8BrN5/c1-13-7(10-11-12-13)6-3-2-5(8)4-9-6/h2-4,11-12H,1H3. The highest BCUT2D eigenvalue weighted by molar-refractivity contribution is 9.10. The van der Waals surface area contributed by atoms with Gasteiger partial charge in [-0.15, -0.1) is 10.6 Å². The van der Waals surface area contributed by atoms with Crippen molar-refractivity contribution in [2.75, 3.05) is 7.05 Å². The lowest BCUT2D eigenvalue weighted by atomic mass is 10.3. The maximum Gasteiger partial charge on any atom is 0.191 e. The Labute approximate surface area is 83.9 Å². The predicted octanol–water partition coefficient (Wildman–Crippen LogP) is 0.460. The van der Waals surface area contributed by atoms with Crippen LogP contribution >= 0.6 is 15.9 Å². The summed E-state index contributed by atoms with van der Waals surface area (Å²) < 4.78 is 0.957. The van der Waals surface area contributed by atoms with Crippen LogP contribution in [0.15, 0.2) is 27.9 Å². The molecule has 2 heterocycles. The highest BCUT2D eigenvalue weighted by Crippen LogP contribution is 2.09. The number of aromatic nitrogens is 1. The zero-order valence-electron chi connectivity index (χ0n) is 6.95. The van der Waals surface area contributed by atoms with E-state index in [1.54, 1.807) is 11.2 Å². The fourth-order valence-electron chi connectivity index (χ4n) is 1.02. The number of hydrogen-bond acceptors (Lipinski definition) is 5. The average Bonchev–Trinajstić information content (AvgIpc) is 2.53. The summed E-state index contributed by atoms with van der Waals surface area (Å²) in [5.74, 6) is 0.771. The van der Waals surface area contributed by atoms with Crippen LogP contribution in [0.2, 0.25) is 0 Å². The second kappa shape index (κ2) is 3.31. The van der Waals surface area contributed by atoms with Gasteiger partial charge in [-0.2, -0.15) is 0 Å². The molecule has 0 radical (unpaired) electrons. The summed E-state index contributed by atoms with van der Waals surface area (Å²) >= 11 is 3.32. The molecular weight excluding hydrogens is 234 g/mol. The molecule has 68 valence electrons. The van der Waals surface area contributed by atoms with Crippen molar-refractivity contribution in [2.45, 2.75) is 0 Å². The van der Waals surface area contributed by atoms with Crippen LogP contribution in [0.5, 0.6) is 0 Å². The van der Waals surface area contributed by atoms with Gasteiger partial charge in [0.15, 0.2) is 5.84 Å². The zero-order chi connectivity index (χ0) is 9.26. The van der Waals surface area contributed by atoms with Gasteiger partial charge in [0, 0.05) is 17.7 Å². The van der Waals surface area contributed by atoms with Gasteiger partial charge in [0.05, 0.1) is 0 Å². The van der Waals surface area contributed by atoms with E-state index in [2.05, 4.69) is 37.1 Å². The molecule has 5 nitrogen and oxygen atoms in total. The van der Waals surface area contributed by atoms with E-state index in [1.807, 2.05) is 19.2 Å². The highest BCUT2D eigenvalue weighted by Gasteiger charge is 2.14. The molecule has 0 unspecified atom stereocenters. The van der Waals surface area contributed by atoms with Crippen LogP contribution < -0.4 is 11.1 Å². The van der Waals surface area contributed by atoms with Crippen LogP contribution in [0.1, 0.15) is 5.69 Å². The van der Waals surface area contributed by atoms with E-state index in [9.17, 15) is 0 Å². The second-order valence-corrected chi connectivity index (χ2v) is 3.50. The topological polar surface area (TPSA) is 52.5 Å². The Bertz CT molecular complexity index is 333. The lowest BCUT2D eigenvalue weighted by Gasteiger charge is -2.10. The van der Waals surface area contributed by atoms with E-state index in [0.29, 0.717) is 0 Å². The van der Waals surface area contributed by atoms with Gasteiger partial charge >= 0.3 is 0 Å². The van der Waals surface area contributed by atoms with Crippen LogP contribution in [-0.4, -0.2) is 22.9 Å². The van der Waals surface area contributed by atoms with E-state index >= 15 is 0 Å². The molecule has 0 amide bonds. The number of hydrazine groups is 2. The zero-order valence-corrected chi connectivity index (χ0v) is 8.54. The third-order valence-electron chi connectivity index (χ3n) is 1.65. The molecule has 6 heteroatoms. The molecule has 0 fully saturated rings. The normalized spacial score (nSPS) is 15.5. The Hall–Kier alpha value is -1.14. The maximum atomic E-state index is 4.21. The van der Waals surface area contributed by atoms with Crippen molar-refractivity contribution in [3.63, 3.8) is 0 Å². The SMILES string of the molecule is CN1NNN=C1c1ccc(Br)cn1. The number of pyridine rings is 1. The number of rotatable bonds is 1. The minimum atomic E-state index is 0.771. The van der Waals surface area contributed by atoms with Crippen molar-refractivity contribution in [1.29, 1.82) is 0 Å². The number of nitrogens with one attached hydrogen (secondary N) is 2. The molecule has 0 aromatic carbocycles. The van der Waals surface area contributed by atoms with E-state index in [4.69, 9.17) is 0 Å². The van der Waals surface area contributed by atoms with Crippen molar-refractivity contribution in [2.24, 2.45) is 5.10 Å². The third-order valence-corrected chi connectivity index (χ3v) is 2.12. The molecule has 0 bridgehead atoms. The Morgan fingerprint density at radius 1 is 1.46 bits per heavy atom. The van der Waals surface area contributed by atoms with Gasteiger partial charge in [0.25, 0.3) is 0 Å². The molecule has 0 saturated carbocycles. The van der Waals surface area contributed by atoms with E-state index in [-0.39, 0.29) is 0 Å². The summed E-state index contributed by atoms with van der Waals surface area (Å²) in [6.45, 7) is 0. The van der Waals surface area contributed by atoms with Gasteiger partial charge in [0.2, 0.25) is 0 Å². The van der Waals surface area contributed by atoms with Gasteiger partial charge in [-0.25, -0.2) is 5.53 Å². The first kappa shape index (κ1) is 8.46. The Balaban J connectivity index is 2.30. The fourth-order valence-corrected chi connectivity index (χ4v) is 1.25. The Morgan fingerprint density at radius 2 is 2.31 bits per heavy atom. The summed E-state index contributed by atoms with van der Waals surface area (Å²) in [7, 11) is 1.86. The Kier molecular flexibility index (Phi) is 2.15. The number of hydrogen-bond donors (Lipinski definition) is 2. The largest absolute Gasteiger partial charge is 0.273 e. The number of nitrogens with zero attached hydrogens (tertiary/aromatic N) is 3. The lowest BCUT2D eigenvalue weighted by molar-refractivity contribution is 0.348. The van der Waals surface area contributed by atoms with Crippen LogP contribution in [0.4, 0.5) is 0 Å². The maximum absolute atomic E-state index is 4.21. The molecule has 2 N–H and O–H groups in total. The van der Waals surface area contributed by atoms with E-state index < -0.39 is 0 Å². The Morgan fingerprint density at radius 3 is 2.85 bits per heavy atom. The lowest BCUT2D eigenvalue weighted by Crippen LogP contribution is -2.37. The average molecular weight is 242 g/mol. The molecule has 1 aliphatic heterocycles. The quantitative estimate of drug-likeness (QED) is 0.751. The molecular formula is C7H8BrN5. The van der Waals surface area contributed by atoms with Crippen LogP contribution in [0.3, 0.4) is 0 Å². The molecule has 13 heavy (non-hydrogen) atoms. The first-order valence-electron chi connectivity index (χ1n) is 3.71. The van der Waals surface area contributed by atoms with Crippen molar-refractivity contribution >= 4 is 21.8 Å². The molecule has 0 saturated heterocycles. The van der Waals surface area contributed by atoms with Crippen LogP contribution in [0, 0.1) is 0 Å². The molecule has 0 spiro atoms. The molecule has 1 aromatic rings. The minimum absolute atomic E-state index is 0.771. The summed E-state index contributed by atoms with van der Waals surface area (Å²) in [5.41, 5.74) is 6.28. The summed E-state index contributed by atoms with van der Waals surface area (Å²) in [6, 6.07) is 3.82. The fraction of sp³-hybridized carbons (Fsp3) is 0.143. The molecule has 2 rings (SSSR count). The van der Waals surface area contributed by atoms with E-state index in [1.165, 1.54) is 0 Å². The van der Waals surface area contributed by atoms with Gasteiger partial charge < -0.3 is 0 Å². The predicted molar refractivity (Wildman–Crippen MR) is 52.5 cm³/mol. The van der Waals surface area contributed by atoms with Crippen molar-refractivity contribution in [3.05, 3.63) is 28.5 Å². The first-order chi connectivity index (χ1) is 6.27. The first-order valence-corrected chi connectivity index (χ1v) is 4.50. The van der Waals surface area contributed by atoms with Crippen LogP contribution in [0.25, 0.3) is 0 Å². The number of hydrazone groups is 1. The summed E-state index contributed by atoms with van der Waals surface area (Å²) in [4.78, 5) is 4.21. The minimum Gasteiger partial charge on any atom is -0.273 e. The van der Waals surface area contributed by atoms with Crippen molar-refractivity contribution in [1.82, 2.24) is 21.1 Å². The van der Waals surface area contributed by atoms with Gasteiger partial charge in [-0.1, -0.05) is 0 Å². The van der Waals surface area contributed by atoms with Crippen LogP contribution in [-0.2, 0) is 0 Å². The number of halogens is 1. The monoisotopic (exact) mass is 241 g/mol. The second-order valence-electron chi connectivity index (χ2n) is 2.58.